The number of rotatable bonds is 2. The predicted octanol–water partition coefficient (Wildman–Crippen LogP) is 1.19. The van der Waals surface area contributed by atoms with Crippen LogP contribution in [0, 0.1) is 5.92 Å². The summed E-state index contributed by atoms with van der Waals surface area (Å²) in [6, 6.07) is 0.276. The zero-order valence-corrected chi connectivity index (χ0v) is 12.2. The molecule has 1 amide bonds. The number of fused-ring (bicyclic) bond motifs is 2. The fourth-order valence-electron chi connectivity index (χ4n) is 4.65. The van der Waals surface area contributed by atoms with Gasteiger partial charge in [-0.15, -0.1) is 0 Å². The number of hydrogen-bond donors (Lipinski definition) is 2. The molecule has 4 aliphatic rings. The van der Waals surface area contributed by atoms with Crippen molar-refractivity contribution in [2.45, 2.75) is 56.5 Å². The van der Waals surface area contributed by atoms with E-state index in [2.05, 4.69) is 23.5 Å². The Labute approximate surface area is 124 Å². The molecule has 0 aromatic rings. The van der Waals surface area contributed by atoms with E-state index in [1.165, 1.54) is 5.57 Å². The van der Waals surface area contributed by atoms with Gasteiger partial charge in [0, 0.05) is 6.04 Å². The van der Waals surface area contributed by atoms with Crippen molar-refractivity contribution in [1.82, 2.24) is 10.2 Å². The number of aliphatic hydroxyl groups is 1. The molecule has 3 fully saturated rings. The fourth-order valence-corrected chi connectivity index (χ4v) is 4.65. The lowest BCUT2D eigenvalue weighted by molar-refractivity contribution is 0.0345. The molecule has 0 aromatic heterocycles. The molecule has 3 saturated heterocycles. The first-order valence-electron chi connectivity index (χ1n) is 7.96. The van der Waals surface area contributed by atoms with E-state index >= 15 is 0 Å². The number of carbonyl (C=O) groups excluding carboxylic acids is 1. The molecule has 1 aliphatic carbocycles. The third-order valence-electron chi connectivity index (χ3n) is 5.46. The number of piperidine rings is 2. The standard InChI is InChI=1S/C16H22N2O3/c1-2-21-16(20)18-11-7-10-8-12(18)15(19)14(11)17-13(10)9-5-3-4-6-9/h3,5-6,10-15,17,19H,2,4,7-8H2,1H3/t10?,11?,12?,13?,14?,15-/m0/s1. The van der Waals surface area contributed by atoms with Crippen molar-refractivity contribution in [2.24, 2.45) is 5.92 Å². The second-order valence-electron chi connectivity index (χ2n) is 6.48. The van der Waals surface area contributed by atoms with E-state index in [1.807, 2.05) is 6.92 Å². The van der Waals surface area contributed by atoms with Crippen molar-refractivity contribution >= 4 is 6.09 Å². The Balaban J connectivity index is 1.59. The first kappa shape index (κ1) is 13.3. The van der Waals surface area contributed by atoms with E-state index in [-0.39, 0.29) is 24.2 Å². The minimum Gasteiger partial charge on any atom is -0.450 e. The molecule has 0 aromatic carbocycles. The quantitative estimate of drug-likeness (QED) is 0.802. The third kappa shape index (κ3) is 1.87. The molecule has 0 saturated carbocycles. The molecule has 21 heavy (non-hydrogen) atoms. The molecule has 0 radical (unpaired) electrons. The topological polar surface area (TPSA) is 61.8 Å². The number of aliphatic hydroxyl groups excluding tert-OH is 1. The van der Waals surface area contributed by atoms with E-state index < -0.39 is 6.10 Å². The summed E-state index contributed by atoms with van der Waals surface area (Å²) >= 11 is 0. The van der Waals surface area contributed by atoms with Crippen molar-refractivity contribution in [3.63, 3.8) is 0 Å². The molecule has 5 heteroatoms. The lowest BCUT2D eigenvalue weighted by Gasteiger charge is -2.46. The molecular weight excluding hydrogens is 268 g/mol. The molecule has 3 bridgehead atoms. The van der Waals surface area contributed by atoms with Gasteiger partial charge in [0.25, 0.3) is 0 Å². The molecule has 3 heterocycles. The Kier molecular flexibility index (Phi) is 3.08. The molecule has 4 rings (SSSR count). The van der Waals surface area contributed by atoms with Gasteiger partial charge in [0.1, 0.15) is 0 Å². The van der Waals surface area contributed by atoms with Crippen LogP contribution in [0.4, 0.5) is 4.79 Å². The largest absolute Gasteiger partial charge is 0.450 e. The first-order chi connectivity index (χ1) is 10.2. The number of ether oxygens (including phenoxy) is 1. The van der Waals surface area contributed by atoms with Crippen molar-refractivity contribution < 1.29 is 14.6 Å². The van der Waals surface area contributed by atoms with Gasteiger partial charge in [0.15, 0.2) is 0 Å². The van der Waals surface area contributed by atoms with Gasteiger partial charge in [-0.05, 0) is 37.7 Å². The van der Waals surface area contributed by atoms with Gasteiger partial charge in [-0.1, -0.05) is 18.2 Å². The van der Waals surface area contributed by atoms with Crippen LogP contribution in [-0.4, -0.2) is 53.0 Å². The van der Waals surface area contributed by atoms with Crippen LogP contribution in [0.1, 0.15) is 26.2 Å². The fraction of sp³-hybridized carbons (Fsp3) is 0.688. The van der Waals surface area contributed by atoms with Crippen LogP contribution in [-0.2, 0) is 4.74 Å². The maximum atomic E-state index is 12.2. The SMILES string of the molecule is CCOC(=O)N1C2CC3CC1[C@H](O)C2NC3C1=CCC=C1. The minimum atomic E-state index is -0.486. The van der Waals surface area contributed by atoms with Crippen LogP contribution in [0.5, 0.6) is 0 Å². The number of nitrogens with one attached hydrogen (secondary N) is 1. The summed E-state index contributed by atoms with van der Waals surface area (Å²) in [5.41, 5.74) is 1.35. The highest BCUT2D eigenvalue weighted by atomic mass is 16.6. The molecule has 5 unspecified atom stereocenters. The molecule has 114 valence electrons. The summed E-state index contributed by atoms with van der Waals surface area (Å²) < 4.78 is 5.17. The normalized spacial score (nSPS) is 43.3. The van der Waals surface area contributed by atoms with Gasteiger partial charge in [0.05, 0.1) is 30.8 Å². The molecular formula is C16H22N2O3. The Morgan fingerprint density at radius 1 is 1.48 bits per heavy atom. The van der Waals surface area contributed by atoms with E-state index in [1.54, 1.807) is 4.90 Å². The van der Waals surface area contributed by atoms with Gasteiger partial charge in [0.2, 0.25) is 0 Å². The first-order valence-corrected chi connectivity index (χ1v) is 7.96. The van der Waals surface area contributed by atoms with E-state index in [9.17, 15) is 9.90 Å². The van der Waals surface area contributed by atoms with Crippen LogP contribution in [0.25, 0.3) is 0 Å². The summed E-state index contributed by atoms with van der Waals surface area (Å²) in [5, 5.41) is 14.2. The number of allylic oxidation sites excluding steroid dienone is 2. The van der Waals surface area contributed by atoms with E-state index in [4.69, 9.17) is 4.74 Å². The van der Waals surface area contributed by atoms with Gasteiger partial charge in [-0.3, -0.25) is 4.90 Å². The summed E-state index contributed by atoms with van der Waals surface area (Å²) in [7, 11) is 0. The monoisotopic (exact) mass is 290 g/mol. The molecule has 5 nitrogen and oxygen atoms in total. The number of hydrogen-bond acceptors (Lipinski definition) is 4. The lowest BCUT2D eigenvalue weighted by atomic mass is 9.79. The van der Waals surface area contributed by atoms with Crippen LogP contribution in [0.15, 0.2) is 23.8 Å². The molecule has 6 atom stereocenters. The number of amides is 1. The second kappa shape index (κ2) is 4.85. The number of nitrogens with zero attached hydrogens (tertiary/aromatic N) is 1. The highest BCUT2D eigenvalue weighted by Gasteiger charge is 2.59. The van der Waals surface area contributed by atoms with E-state index in [0.29, 0.717) is 18.6 Å². The molecule has 0 spiro atoms. The lowest BCUT2D eigenvalue weighted by Crippen LogP contribution is -2.60. The van der Waals surface area contributed by atoms with E-state index in [0.717, 1.165) is 19.3 Å². The second-order valence-corrected chi connectivity index (χ2v) is 6.48. The maximum Gasteiger partial charge on any atom is 0.410 e. The Bertz CT molecular complexity index is 514. The van der Waals surface area contributed by atoms with Gasteiger partial charge < -0.3 is 15.2 Å². The van der Waals surface area contributed by atoms with Gasteiger partial charge in [-0.25, -0.2) is 4.79 Å². The molecule has 2 N–H and O–H groups in total. The van der Waals surface area contributed by atoms with Crippen LogP contribution < -0.4 is 5.32 Å². The smallest absolute Gasteiger partial charge is 0.410 e. The highest BCUT2D eigenvalue weighted by molar-refractivity contribution is 5.70. The van der Waals surface area contributed by atoms with Crippen molar-refractivity contribution in [3.05, 3.63) is 23.8 Å². The van der Waals surface area contributed by atoms with Crippen LogP contribution in [0.3, 0.4) is 0 Å². The predicted molar refractivity (Wildman–Crippen MR) is 77.7 cm³/mol. The van der Waals surface area contributed by atoms with Crippen LogP contribution >= 0.6 is 0 Å². The van der Waals surface area contributed by atoms with Gasteiger partial charge in [-0.2, -0.15) is 0 Å². The van der Waals surface area contributed by atoms with Crippen LogP contribution in [0.2, 0.25) is 0 Å². The maximum absolute atomic E-state index is 12.2. The summed E-state index contributed by atoms with van der Waals surface area (Å²) in [6.45, 7) is 2.20. The Morgan fingerprint density at radius 2 is 2.29 bits per heavy atom. The average Bonchev–Trinajstić information content (AvgIpc) is 3.03. The summed E-state index contributed by atoms with van der Waals surface area (Å²) in [6.07, 6.45) is 8.70. The molecule has 3 aliphatic heterocycles. The zero-order valence-electron chi connectivity index (χ0n) is 12.2. The zero-order chi connectivity index (χ0) is 14.6. The van der Waals surface area contributed by atoms with Crippen molar-refractivity contribution in [2.75, 3.05) is 6.61 Å². The summed E-state index contributed by atoms with van der Waals surface area (Å²) in [5.74, 6) is 0.494. The van der Waals surface area contributed by atoms with Crippen molar-refractivity contribution in [1.29, 1.82) is 0 Å². The van der Waals surface area contributed by atoms with Crippen molar-refractivity contribution in [3.8, 4) is 0 Å². The number of carbonyl (C=O) groups is 1. The summed E-state index contributed by atoms with van der Waals surface area (Å²) in [4.78, 5) is 13.9. The minimum absolute atomic E-state index is 0.0296. The average molecular weight is 290 g/mol. The van der Waals surface area contributed by atoms with Gasteiger partial charge >= 0.3 is 6.09 Å². The third-order valence-corrected chi connectivity index (χ3v) is 5.46. The Hall–Kier alpha value is -1.33. The Morgan fingerprint density at radius 3 is 3.00 bits per heavy atom. The highest BCUT2D eigenvalue weighted by Crippen LogP contribution is 2.46.